The molecule has 104 valence electrons. The summed E-state index contributed by atoms with van der Waals surface area (Å²) in [5.74, 6) is 1.74. The number of ether oxygens (including phenoxy) is 2. The van der Waals surface area contributed by atoms with Gasteiger partial charge in [-0.25, -0.2) is 4.98 Å². The molecule has 2 aromatic rings. The summed E-state index contributed by atoms with van der Waals surface area (Å²) in [6.45, 7) is 0. The third kappa shape index (κ3) is 1.83. The molecule has 0 atom stereocenters. The number of aromatic nitrogens is 1. The van der Waals surface area contributed by atoms with E-state index in [9.17, 15) is 0 Å². The van der Waals surface area contributed by atoms with Crippen molar-refractivity contribution in [3.63, 3.8) is 0 Å². The minimum absolute atomic E-state index is 0.867. The molecule has 0 fully saturated rings. The van der Waals surface area contributed by atoms with Gasteiger partial charge in [-0.3, -0.25) is 0 Å². The molecule has 2 heterocycles. The van der Waals surface area contributed by atoms with Gasteiger partial charge in [0, 0.05) is 10.3 Å². The van der Waals surface area contributed by atoms with Crippen molar-refractivity contribution in [1.29, 1.82) is 0 Å². The molecular weight excluding hydrogens is 282 g/mol. The summed E-state index contributed by atoms with van der Waals surface area (Å²) in [5.41, 5.74) is 2.12. The molecule has 2 aliphatic rings. The molecule has 0 amide bonds. The molecule has 0 saturated carbocycles. The predicted molar refractivity (Wildman–Crippen MR) is 86.9 cm³/mol. The molecule has 0 unspecified atom stereocenters. The predicted octanol–water partition coefficient (Wildman–Crippen LogP) is 4.57. The fraction of sp³-hybridized carbons (Fsp3) is 0.118. The molecule has 3 nitrogen and oxygen atoms in total. The van der Waals surface area contributed by atoms with Crippen molar-refractivity contribution in [3.05, 3.63) is 42.5 Å². The lowest BCUT2D eigenvalue weighted by Crippen LogP contribution is -1.84. The first-order chi connectivity index (χ1) is 10.3. The maximum atomic E-state index is 5.49. The third-order valence-corrected chi connectivity index (χ3v) is 4.75. The van der Waals surface area contributed by atoms with Crippen LogP contribution in [0.3, 0.4) is 0 Å². The van der Waals surface area contributed by atoms with E-state index in [1.54, 1.807) is 25.6 Å². The maximum absolute atomic E-state index is 5.49. The number of fused-ring (bicyclic) bond motifs is 4. The topological polar surface area (TPSA) is 31.4 Å². The quantitative estimate of drug-likeness (QED) is 0.543. The molecule has 2 aliphatic heterocycles. The highest BCUT2D eigenvalue weighted by molar-refractivity contribution is 7.21. The number of rotatable bonds is 2. The Morgan fingerprint density at radius 2 is 1.90 bits per heavy atom. The zero-order valence-corrected chi connectivity index (χ0v) is 12.5. The van der Waals surface area contributed by atoms with Crippen LogP contribution in [-0.4, -0.2) is 19.2 Å². The average Bonchev–Trinajstić information content (AvgIpc) is 2.89. The Hall–Kier alpha value is -2.33. The summed E-state index contributed by atoms with van der Waals surface area (Å²) in [6, 6.07) is 14.3. The highest BCUT2D eigenvalue weighted by atomic mass is 32.1. The zero-order valence-electron chi connectivity index (χ0n) is 11.7. The average molecular weight is 295 g/mol. The molecule has 0 aliphatic carbocycles. The second-order valence-corrected chi connectivity index (χ2v) is 5.87. The Balaban J connectivity index is 2.11. The molecule has 21 heavy (non-hydrogen) atoms. The summed E-state index contributed by atoms with van der Waals surface area (Å²) >= 11 is 1.68. The Labute approximate surface area is 126 Å². The Morgan fingerprint density at radius 1 is 1.00 bits per heavy atom. The van der Waals surface area contributed by atoms with E-state index in [-0.39, 0.29) is 0 Å². The van der Waals surface area contributed by atoms with Gasteiger partial charge in [0.25, 0.3) is 0 Å². The van der Waals surface area contributed by atoms with E-state index in [1.807, 2.05) is 24.3 Å². The standard InChI is InChI=1S/C17H13NO2S/c1-19-11-7-6-10-8-12-16-13(4-3-5-14(16)20-2)18-17(12)21-15(10)9-11/h3-9H,1-2H3. The van der Waals surface area contributed by atoms with E-state index in [0.29, 0.717) is 0 Å². The lowest BCUT2D eigenvalue weighted by molar-refractivity contribution is 0.415. The summed E-state index contributed by atoms with van der Waals surface area (Å²) in [4.78, 5) is 4.73. The molecule has 2 aromatic carbocycles. The normalized spacial score (nSPS) is 11.3. The van der Waals surface area contributed by atoms with Crippen LogP contribution in [0.15, 0.2) is 42.5 Å². The van der Waals surface area contributed by atoms with Crippen LogP contribution in [0, 0.1) is 0 Å². The third-order valence-electron chi connectivity index (χ3n) is 3.67. The molecule has 0 spiro atoms. The number of hydrogen-bond donors (Lipinski definition) is 0. The molecule has 4 rings (SSSR count). The van der Waals surface area contributed by atoms with Gasteiger partial charge in [-0.15, -0.1) is 11.3 Å². The van der Waals surface area contributed by atoms with Crippen molar-refractivity contribution in [3.8, 4) is 22.1 Å². The Bertz CT molecular complexity index is 929. The lowest BCUT2D eigenvalue weighted by atomic mass is 10.1. The monoisotopic (exact) mass is 295 g/mol. The van der Waals surface area contributed by atoms with Gasteiger partial charge in [0.15, 0.2) is 0 Å². The van der Waals surface area contributed by atoms with Crippen molar-refractivity contribution in [2.45, 2.75) is 0 Å². The van der Waals surface area contributed by atoms with Crippen molar-refractivity contribution in [2.75, 3.05) is 14.2 Å². The number of hydrogen-bond acceptors (Lipinski definition) is 4. The van der Waals surface area contributed by atoms with Crippen LogP contribution in [-0.2, 0) is 0 Å². The van der Waals surface area contributed by atoms with Gasteiger partial charge in [0.2, 0.25) is 0 Å². The largest absolute Gasteiger partial charge is 0.497 e. The van der Waals surface area contributed by atoms with Crippen LogP contribution in [0.5, 0.6) is 11.5 Å². The van der Waals surface area contributed by atoms with E-state index in [4.69, 9.17) is 14.5 Å². The molecule has 0 radical (unpaired) electrons. The van der Waals surface area contributed by atoms with Crippen LogP contribution in [0.25, 0.3) is 31.6 Å². The lowest BCUT2D eigenvalue weighted by Gasteiger charge is -2.06. The summed E-state index contributed by atoms with van der Waals surface area (Å²) in [7, 11) is 3.38. The van der Waals surface area contributed by atoms with Crippen molar-refractivity contribution in [1.82, 2.24) is 4.98 Å². The number of methoxy groups -OCH3 is 2. The van der Waals surface area contributed by atoms with Gasteiger partial charge >= 0.3 is 0 Å². The van der Waals surface area contributed by atoms with E-state index in [1.165, 1.54) is 10.1 Å². The highest BCUT2D eigenvalue weighted by Gasteiger charge is 2.17. The first kappa shape index (κ1) is 12.4. The van der Waals surface area contributed by atoms with Crippen LogP contribution in [0.1, 0.15) is 0 Å². The van der Waals surface area contributed by atoms with Crippen LogP contribution >= 0.6 is 11.3 Å². The fourth-order valence-electron chi connectivity index (χ4n) is 2.65. The first-order valence-corrected chi connectivity index (χ1v) is 7.46. The molecule has 0 bridgehead atoms. The SMILES string of the molecule is COc1ccc2cc3c4c(OC)cccc4nc-3sc2c1. The highest BCUT2D eigenvalue weighted by Crippen LogP contribution is 2.42. The molecule has 0 saturated heterocycles. The van der Waals surface area contributed by atoms with Gasteiger partial charge in [0.1, 0.15) is 16.5 Å². The zero-order chi connectivity index (χ0) is 14.4. The summed E-state index contributed by atoms with van der Waals surface area (Å²) < 4.78 is 12.0. The smallest absolute Gasteiger partial charge is 0.128 e. The van der Waals surface area contributed by atoms with Gasteiger partial charge in [-0.05, 0) is 41.8 Å². The molecular formula is C17H13NO2S. The number of nitrogens with zero attached hydrogens (tertiary/aromatic N) is 1. The number of benzene rings is 2. The second kappa shape index (κ2) is 4.60. The van der Waals surface area contributed by atoms with Gasteiger partial charge < -0.3 is 9.47 Å². The molecule has 4 heteroatoms. The second-order valence-electron chi connectivity index (χ2n) is 4.84. The summed E-state index contributed by atoms with van der Waals surface area (Å²) in [5, 5.41) is 3.30. The first-order valence-electron chi connectivity index (χ1n) is 6.64. The van der Waals surface area contributed by atoms with Gasteiger partial charge in [0.05, 0.1) is 25.1 Å². The van der Waals surface area contributed by atoms with Crippen molar-refractivity contribution < 1.29 is 9.47 Å². The molecule has 0 N–H and O–H groups in total. The summed E-state index contributed by atoms with van der Waals surface area (Å²) in [6.07, 6.45) is 0. The van der Waals surface area contributed by atoms with Crippen LogP contribution in [0.4, 0.5) is 0 Å². The minimum Gasteiger partial charge on any atom is -0.497 e. The van der Waals surface area contributed by atoms with E-state index < -0.39 is 0 Å². The van der Waals surface area contributed by atoms with Crippen LogP contribution in [0.2, 0.25) is 0 Å². The maximum Gasteiger partial charge on any atom is 0.128 e. The van der Waals surface area contributed by atoms with Crippen LogP contribution < -0.4 is 9.47 Å². The van der Waals surface area contributed by atoms with E-state index >= 15 is 0 Å². The fourth-order valence-corrected chi connectivity index (χ4v) is 3.69. The minimum atomic E-state index is 0.867. The van der Waals surface area contributed by atoms with Gasteiger partial charge in [-0.1, -0.05) is 6.07 Å². The van der Waals surface area contributed by atoms with Crippen molar-refractivity contribution in [2.24, 2.45) is 0 Å². The van der Waals surface area contributed by atoms with Gasteiger partial charge in [-0.2, -0.15) is 0 Å². The van der Waals surface area contributed by atoms with E-state index in [2.05, 4.69) is 18.2 Å². The van der Waals surface area contributed by atoms with Crippen molar-refractivity contribution >= 4 is 32.3 Å². The Morgan fingerprint density at radius 3 is 2.71 bits per heavy atom. The Kier molecular flexibility index (Phi) is 2.72. The molecule has 0 aromatic heterocycles. The van der Waals surface area contributed by atoms with E-state index in [0.717, 1.165) is 33.0 Å².